The third-order valence-electron chi connectivity index (χ3n) is 7.19. The fourth-order valence-electron chi connectivity index (χ4n) is 4.85. The lowest BCUT2D eigenvalue weighted by Crippen LogP contribution is -2.32. The maximum absolute atomic E-state index is 10.2. The molecule has 52 heavy (non-hydrogen) atoms. The third-order valence-corrected chi connectivity index (χ3v) is 7.78. The van der Waals surface area contributed by atoms with Crippen molar-refractivity contribution < 1.29 is 19.4 Å². The van der Waals surface area contributed by atoms with E-state index in [0.717, 1.165) is 70.8 Å². The highest BCUT2D eigenvalue weighted by Gasteiger charge is 2.18. The van der Waals surface area contributed by atoms with Crippen molar-refractivity contribution >= 4 is 56.5 Å². The smallest absolute Gasteiger partial charge is 0.303 e. The van der Waals surface area contributed by atoms with Crippen LogP contribution in [0.2, 0.25) is 0 Å². The average Bonchev–Trinajstić information content (AvgIpc) is 3.09. The van der Waals surface area contributed by atoms with E-state index in [1.807, 2.05) is 96.1 Å². The predicted molar refractivity (Wildman–Crippen MR) is 217 cm³/mol. The number of allylic oxidation sites excluding steroid dienone is 1. The summed E-state index contributed by atoms with van der Waals surface area (Å²) < 4.78 is 11.8. The lowest BCUT2D eigenvalue weighted by atomic mass is 10.1. The molecule has 3 heterocycles. The number of pyridine rings is 1. The van der Waals surface area contributed by atoms with Crippen molar-refractivity contribution in [3.63, 3.8) is 0 Å². The zero-order valence-corrected chi connectivity index (χ0v) is 33.8. The molecule has 1 atom stereocenters. The number of carbonyl (C=O) groups is 1. The molecule has 3 aromatic rings. The second-order valence-corrected chi connectivity index (χ2v) is 14.1. The van der Waals surface area contributed by atoms with Crippen LogP contribution in [-0.4, -0.2) is 69.1 Å². The Labute approximate surface area is 318 Å². The first-order valence-electron chi connectivity index (χ1n) is 17.7. The minimum atomic E-state index is -0.328. The lowest BCUT2D eigenvalue weighted by molar-refractivity contribution is -0.151. The highest BCUT2D eigenvalue weighted by atomic mass is 79.9. The van der Waals surface area contributed by atoms with Crippen LogP contribution in [0.1, 0.15) is 86.6 Å². The van der Waals surface area contributed by atoms with Crippen LogP contribution in [0, 0.1) is 25.2 Å². The van der Waals surface area contributed by atoms with Gasteiger partial charge in [-0.05, 0) is 105 Å². The van der Waals surface area contributed by atoms with E-state index in [9.17, 15) is 9.90 Å². The molecule has 1 aromatic carbocycles. The maximum atomic E-state index is 10.2. The number of hydrogen-bond acceptors (Lipinski definition) is 11. The average molecular weight is 779 g/mol. The molecule has 0 amide bonds. The van der Waals surface area contributed by atoms with Gasteiger partial charge in [0.15, 0.2) is 5.82 Å². The van der Waals surface area contributed by atoms with E-state index in [1.165, 1.54) is 6.92 Å². The summed E-state index contributed by atoms with van der Waals surface area (Å²) in [4.78, 5) is 26.5. The first-order chi connectivity index (χ1) is 24.7. The first kappa shape index (κ1) is 43.7. The van der Waals surface area contributed by atoms with Gasteiger partial charge in [-0.3, -0.25) is 9.80 Å². The molecular formula is C40H56BrN7O4. The van der Waals surface area contributed by atoms with Gasteiger partial charge in [-0.2, -0.15) is 5.10 Å². The van der Waals surface area contributed by atoms with Crippen molar-refractivity contribution in [2.75, 3.05) is 36.5 Å². The second-order valence-electron chi connectivity index (χ2n) is 13.2. The summed E-state index contributed by atoms with van der Waals surface area (Å²) in [6.45, 7) is 19.4. The van der Waals surface area contributed by atoms with Crippen LogP contribution >= 0.6 is 15.9 Å². The van der Waals surface area contributed by atoms with E-state index in [0.29, 0.717) is 24.4 Å². The topological polar surface area (TPSA) is 125 Å². The van der Waals surface area contributed by atoms with E-state index in [4.69, 9.17) is 20.9 Å². The number of hydrazone groups is 1. The van der Waals surface area contributed by atoms with E-state index >= 15 is 0 Å². The Bertz CT molecular complexity index is 1710. The van der Waals surface area contributed by atoms with Crippen LogP contribution in [0.3, 0.4) is 0 Å². The normalized spacial score (nSPS) is 12.9. The molecule has 0 aliphatic carbocycles. The summed E-state index contributed by atoms with van der Waals surface area (Å²) in [6.07, 6.45) is 18.1. The molecule has 0 spiro atoms. The Morgan fingerprint density at radius 2 is 1.98 bits per heavy atom. The van der Waals surface area contributed by atoms with Gasteiger partial charge in [0, 0.05) is 51.1 Å². The van der Waals surface area contributed by atoms with Crippen LogP contribution in [0.15, 0.2) is 64.3 Å². The summed E-state index contributed by atoms with van der Waals surface area (Å²) in [5.74, 6) is 5.37. The molecule has 4 rings (SSSR count). The van der Waals surface area contributed by atoms with Crippen LogP contribution in [0.5, 0.6) is 5.75 Å². The van der Waals surface area contributed by atoms with Gasteiger partial charge in [0.05, 0.1) is 16.5 Å². The standard InChI is InChI=1S/C30H38BrN7O2.C6H12O2.C4H6/c1-5-7-8-13-37(18-21(3)19-39)30-25(31)17-26-28(36-30)29(33-20-32-26)35-23-9-10-27(22(4)16-23)40-24-11-14-38(15-12-24)34-6-2;1-5(7)8-6(2,3)4;1-3-4-2/h6,9-12,14,16-17,20-21,39H,5,7-8,13,15,18-19H2,1-4H3,(H,32,33,35);1-4H3;1H,4H2,2H3/b34-6-;;. The minimum Gasteiger partial charge on any atom is -0.460 e. The van der Waals surface area contributed by atoms with Gasteiger partial charge in [-0.25, -0.2) is 15.0 Å². The van der Waals surface area contributed by atoms with Crippen LogP contribution in [0.25, 0.3) is 11.0 Å². The maximum Gasteiger partial charge on any atom is 0.303 e. The number of anilines is 3. The quantitative estimate of drug-likeness (QED) is 0.0752. The zero-order valence-electron chi connectivity index (χ0n) is 32.2. The van der Waals surface area contributed by atoms with Crippen LogP contribution < -0.4 is 15.0 Å². The third kappa shape index (κ3) is 15.4. The number of hydrogen-bond donors (Lipinski definition) is 2. The molecule has 282 valence electrons. The number of halogens is 1. The number of fused-ring (bicyclic) bond motifs is 1. The summed E-state index contributed by atoms with van der Waals surface area (Å²) in [6, 6.07) is 7.94. The number of benzene rings is 1. The van der Waals surface area contributed by atoms with Gasteiger partial charge in [0.1, 0.15) is 34.8 Å². The molecule has 1 aliphatic heterocycles. The number of aryl methyl sites for hydroxylation is 1. The fraction of sp³-hybridized carbons (Fsp3) is 0.475. The Hall–Kier alpha value is -4.47. The molecule has 0 radical (unpaired) electrons. The van der Waals surface area contributed by atoms with Gasteiger partial charge >= 0.3 is 5.97 Å². The van der Waals surface area contributed by atoms with E-state index in [2.05, 4.69) is 54.1 Å². The molecule has 0 saturated carbocycles. The SMILES string of the molecule is C#CCC.C/C=N\N1C=CC(Oc2ccc(Nc3ncnc4cc(Br)c(N(CCCCC)CC(C)CO)nc34)cc2C)=CC1.CC(=O)OC(C)(C)C. The van der Waals surface area contributed by atoms with Crippen molar-refractivity contribution in [2.45, 2.75) is 93.6 Å². The lowest BCUT2D eigenvalue weighted by Gasteiger charge is -2.27. The summed E-state index contributed by atoms with van der Waals surface area (Å²) >= 11 is 3.72. The molecule has 1 unspecified atom stereocenters. The Balaban J connectivity index is 0.000000672. The number of nitrogens with one attached hydrogen (secondary N) is 1. The second kappa shape index (κ2) is 22.5. The molecule has 1 aliphatic rings. The van der Waals surface area contributed by atoms with Crippen molar-refractivity contribution in [3.8, 4) is 18.1 Å². The van der Waals surface area contributed by atoms with Gasteiger partial charge in [0.2, 0.25) is 0 Å². The molecule has 12 heteroatoms. The number of rotatable bonds is 13. The number of terminal acetylenes is 1. The van der Waals surface area contributed by atoms with Gasteiger partial charge < -0.3 is 24.8 Å². The molecule has 11 nitrogen and oxygen atoms in total. The fourth-order valence-corrected chi connectivity index (χ4v) is 5.41. The highest BCUT2D eigenvalue weighted by Crippen LogP contribution is 2.32. The van der Waals surface area contributed by atoms with E-state index in [1.54, 1.807) is 12.5 Å². The summed E-state index contributed by atoms with van der Waals surface area (Å²) in [5.41, 5.74) is 2.97. The molecule has 0 fully saturated rings. The van der Waals surface area contributed by atoms with Gasteiger partial charge in [-0.15, -0.1) is 12.3 Å². The zero-order chi connectivity index (χ0) is 38.7. The van der Waals surface area contributed by atoms with Crippen molar-refractivity contribution in [3.05, 3.63) is 64.7 Å². The number of unbranched alkanes of at least 4 members (excludes halogenated alkanes) is 2. The number of aliphatic hydroxyl groups is 1. The van der Waals surface area contributed by atoms with Gasteiger partial charge in [0.25, 0.3) is 0 Å². The van der Waals surface area contributed by atoms with Crippen molar-refractivity contribution in [1.29, 1.82) is 0 Å². The predicted octanol–water partition coefficient (Wildman–Crippen LogP) is 8.94. The summed E-state index contributed by atoms with van der Waals surface area (Å²) in [5, 5.41) is 19.2. The highest BCUT2D eigenvalue weighted by molar-refractivity contribution is 9.10. The summed E-state index contributed by atoms with van der Waals surface area (Å²) in [7, 11) is 0. The number of aromatic nitrogens is 3. The largest absolute Gasteiger partial charge is 0.460 e. The van der Waals surface area contributed by atoms with Crippen molar-refractivity contribution in [2.24, 2.45) is 11.0 Å². The molecular weight excluding hydrogens is 722 g/mol. The van der Waals surface area contributed by atoms with Crippen LogP contribution in [-0.2, 0) is 9.53 Å². The number of nitrogens with zero attached hydrogens (tertiary/aromatic N) is 6. The Morgan fingerprint density at radius 3 is 2.52 bits per heavy atom. The number of aliphatic hydroxyl groups excluding tert-OH is 1. The number of carbonyl (C=O) groups excluding carboxylic acids is 1. The Morgan fingerprint density at radius 1 is 1.25 bits per heavy atom. The molecule has 0 saturated heterocycles. The minimum absolute atomic E-state index is 0.128. The van der Waals surface area contributed by atoms with E-state index in [-0.39, 0.29) is 24.1 Å². The number of ether oxygens (including phenoxy) is 2. The van der Waals surface area contributed by atoms with E-state index < -0.39 is 0 Å². The first-order valence-corrected chi connectivity index (χ1v) is 18.5. The Kier molecular flexibility index (Phi) is 18.9. The monoisotopic (exact) mass is 777 g/mol. The number of esters is 1. The molecule has 2 N–H and O–H groups in total. The molecule has 0 bridgehead atoms. The molecule has 2 aromatic heterocycles. The van der Waals surface area contributed by atoms with Gasteiger partial charge in [-0.1, -0.05) is 33.6 Å². The van der Waals surface area contributed by atoms with Crippen molar-refractivity contribution in [1.82, 2.24) is 20.0 Å². The van der Waals surface area contributed by atoms with Crippen LogP contribution in [0.4, 0.5) is 17.3 Å².